The summed E-state index contributed by atoms with van der Waals surface area (Å²) < 4.78 is 10.5. The molecular formula is C19H24N2O5S. The second-order valence-corrected chi connectivity index (χ2v) is 7.25. The molecule has 0 fully saturated rings. The Labute approximate surface area is 162 Å². The van der Waals surface area contributed by atoms with E-state index in [0.29, 0.717) is 12.3 Å². The van der Waals surface area contributed by atoms with Crippen LogP contribution in [0.4, 0.5) is 0 Å². The fourth-order valence-electron chi connectivity index (χ4n) is 2.71. The van der Waals surface area contributed by atoms with E-state index in [1.807, 2.05) is 36.6 Å². The molecule has 1 heterocycles. The van der Waals surface area contributed by atoms with E-state index in [-0.39, 0.29) is 25.4 Å². The Kier molecular flexibility index (Phi) is 7.32. The average Bonchev–Trinajstić information content (AvgIpc) is 3.03. The van der Waals surface area contributed by atoms with Crippen molar-refractivity contribution < 1.29 is 24.2 Å². The number of nitrogens with zero attached hydrogens (tertiary/aromatic N) is 1. The number of hydrogen-bond donors (Lipinski definition) is 2. The lowest BCUT2D eigenvalue weighted by molar-refractivity contribution is -0.139. The van der Waals surface area contributed by atoms with Crippen LogP contribution in [-0.4, -0.2) is 47.8 Å². The number of aromatic nitrogens is 1. The predicted octanol–water partition coefficient (Wildman–Crippen LogP) is 2.75. The number of carbonyl (C=O) groups is 2. The van der Waals surface area contributed by atoms with Crippen molar-refractivity contribution in [2.45, 2.75) is 32.2 Å². The predicted molar refractivity (Wildman–Crippen MR) is 103 cm³/mol. The van der Waals surface area contributed by atoms with Crippen LogP contribution in [-0.2, 0) is 20.7 Å². The van der Waals surface area contributed by atoms with Gasteiger partial charge in [-0.25, -0.2) is 4.98 Å². The molecule has 2 N–H and O–H groups in total. The number of amides is 1. The monoisotopic (exact) mass is 392 g/mol. The van der Waals surface area contributed by atoms with E-state index < -0.39 is 11.5 Å². The number of carboxylic acid groups (broad SMARTS) is 1. The molecule has 2 rings (SSSR count). The first-order chi connectivity index (χ1) is 12.8. The van der Waals surface area contributed by atoms with Gasteiger partial charge in [-0.2, -0.15) is 0 Å². The van der Waals surface area contributed by atoms with Crippen LogP contribution in [0.25, 0.3) is 10.6 Å². The Balaban J connectivity index is 2.01. The number of aliphatic carboxylic acids is 1. The summed E-state index contributed by atoms with van der Waals surface area (Å²) in [6.45, 7) is 4.30. The Bertz CT molecular complexity index is 775. The van der Waals surface area contributed by atoms with E-state index >= 15 is 0 Å². The van der Waals surface area contributed by atoms with Crippen molar-refractivity contribution in [2.24, 2.45) is 0 Å². The van der Waals surface area contributed by atoms with E-state index in [0.717, 1.165) is 16.3 Å². The summed E-state index contributed by atoms with van der Waals surface area (Å²) >= 11 is 1.45. The van der Waals surface area contributed by atoms with Gasteiger partial charge < -0.3 is 19.9 Å². The number of carboxylic acids is 1. The quantitative estimate of drug-likeness (QED) is 0.645. The summed E-state index contributed by atoms with van der Waals surface area (Å²) in [4.78, 5) is 27.9. The van der Waals surface area contributed by atoms with Crippen LogP contribution in [0.15, 0.2) is 29.6 Å². The zero-order valence-corrected chi connectivity index (χ0v) is 16.5. The van der Waals surface area contributed by atoms with Crippen molar-refractivity contribution in [1.82, 2.24) is 10.3 Å². The van der Waals surface area contributed by atoms with Gasteiger partial charge in [0, 0.05) is 18.1 Å². The van der Waals surface area contributed by atoms with Crippen LogP contribution in [0.3, 0.4) is 0 Å². The van der Waals surface area contributed by atoms with Gasteiger partial charge in [-0.3, -0.25) is 9.59 Å². The van der Waals surface area contributed by atoms with Crippen molar-refractivity contribution in [3.05, 3.63) is 35.3 Å². The molecule has 1 aromatic carbocycles. The van der Waals surface area contributed by atoms with Gasteiger partial charge in [-0.1, -0.05) is 0 Å². The molecule has 8 heteroatoms. The smallest absolute Gasteiger partial charge is 0.305 e. The van der Waals surface area contributed by atoms with Crippen LogP contribution in [0.5, 0.6) is 5.75 Å². The van der Waals surface area contributed by atoms with Crippen molar-refractivity contribution in [1.29, 1.82) is 0 Å². The molecule has 1 amide bonds. The Morgan fingerprint density at radius 2 is 2.00 bits per heavy atom. The lowest BCUT2D eigenvalue weighted by atomic mass is 9.98. The molecule has 0 aliphatic heterocycles. The molecule has 1 unspecified atom stereocenters. The maximum atomic E-state index is 12.3. The highest BCUT2D eigenvalue weighted by molar-refractivity contribution is 7.13. The molecule has 7 nitrogen and oxygen atoms in total. The van der Waals surface area contributed by atoms with Crippen LogP contribution >= 0.6 is 11.3 Å². The zero-order valence-electron chi connectivity index (χ0n) is 15.7. The maximum Gasteiger partial charge on any atom is 0.305 e. The molecular weight excluding hydrogens is 368 g/mol. The third kappa shape index (κ3) is 6.33. The average molecular weight is 392 g/mol. The van der Waals surface area contributed by atoms with Gasteiger partial charge in [-0.15, -0.1) is 11.3 Å². The second-order valence-electron chi connectivity index (χ2n) is 6.39. The molecule has 146 valence electrons. The standard InChI is InChI=1S/C19H24N2O5S/c1-4-26-15-7-5-13(6-8-15)18-20-14(11-27-18)9-16(22)21-19(2,12-25-3)10-17(23)24/h5-8,11H,4,9-10,12H2,1-3H3,(H,21,22)(H,23,24). The zero-order chi connectivity index (χ0) is 19.9. The minimum absolute atomic E-state index is 0.0758. The summed E-state index contributed by atoms with van der Waals surface area (Å²) in [5, 5.41) is 14.4. The van der Waals surface area contributed by atoms with Crippen molar-refractivity contribution in [3.8, 4) is 16.3 Å². The molecule has 0 bridgehead atoms. The molecule has 0 saturated heterocycles. The fourth-order valence-corrected chi connectivity index (χ4v) is 3.54. The lowest BCUT2D eigenvalue weighted by Crippen LogP contribution is -2.51. The minimum atomic E-state index is -0.999. The second kappa shape index (κ2) is 9.48. The third-order valence-corrected chi connectivity index (χ3v) is 4.69. The Morgan fingerprint density at radius 3 is 2.59 bits per heavy atom. The molecule has 1 aromatic heterocycles. The highest BCUT2D eigenvalue weighted by Crippen LogP contribution is 2.26. The number of thiazole rings is 1. The van der Waals surface area contributed by atoms with Crippen molar-refractivity contribution >= 4 is 23.2 Å². The molecule has 27 heavy (non-hydrogen) atoms. The number of benzene rings is 1. The molecule has 0 aliphatic carbocycles. The topological polar surface area (TPSA) is 97.8 Å². The number of carbonyl (C=O) groups excluding carboxylic acids is 1. The maximum absolute atomic E-state index is 12.3. The largest absolute Gasteiger partial charge is 0.494 e. The van der Waals surface area contributed by atoms with E-state index in [9.17, 15) is 9.59 Å². The molecule has 0 aliphatic rings. The van der Waals surface area contributed by atoms with E-state index in [1.165, 1.54) is 18.4 Å². The number of rotatable bonds is 10. The van der Waals surface area contributed by atoms with Gasteiger partial charge in [0.05, 0.1) is 37.3 Å². The third-order valence-electron chi connectivity index (χ3n) is 3.75. The number of nitrogens with one attached hydrogen (secondary N) is 1. The lowest BCUT2D eigenvalue weighted by Gasteiger charge is -2.28. The normalized spacial score (nSPS) is 13.0. The van der Waals surface area contributed by atoms with E-state index in [4.69, 9.17) is 14.6 Å². The highest BCUT2D eigenvalue weighted by atomic mass is 32.1. The van der Waals surface area contributed by atoms with Crippen LogP contribution in [0.2, 0.25) is 0 Å². The highest BCUT2D eigenvalue weighted by Gasteiger charge is 2.29. The van der Waals surface area contributed by atoms with Crippen molar-refractivity contribution in [3.63, 3.8) is 0 Å². The van der Waals surface area contributed by atoms with Crippen LogP contribution in [0, 0.1) is 0 Å². The summed E-state index contributed by atoms with van der Waals surface area (Å²) in [7, 11) is 1.47. The molecule has 2 aromatic rings. The van der Waals surface area contributed by atoms with Crippen LogP contribution < -0.4 is 10.1 Å². The van der Waals surface area contributed by atoms with Gasteiger partial charge in [0.2, 0.25) is 5.91 Å². The Morgan fingerprint density at radius 1 is 1.30 bits per heavy atom. The summed E-state index contributed by atoms with van der Waals surface area (Å²) in [5.74, 6) is -0.492. The van der Waals surface area contributed by atoms with Crippen molar-refractivity contribution in [2.75, 3.05) is 20.3 Å². The Hall–Kier alpha value is -2.45. The van der Waals surface area contributed by atoms with E-state index in [1.54, 1.807) is 6.92 Å². The summed E-state index contributed by atoms with van der Waals surface area (Å²) in [6.07, 6.45) is -0.145. The number of hydrogen-bond acceptors (Lipinski definition) is 6. The first-order valence-corrected chi connectivity index (χ1v) is 9.42. The summed E-state index contributed by atoms with van der Waals surface area (Å²) in [6, 6.07) is 7.62. The first-order valence-electron chi connectivity index (χ1n) is 8.54. The molecule has 0 spiro atoms. The van der Waals surface area contributed by atoms with Gasteiger partial charge in [0.25, 0.3) is 0 Å². The molecule has 0 radical (unpaired) electrons. The SMILES string of the molecule is CCOc1ccc(-c2nc(CC(=O)NC(C)(COC)CC(=O)O)cs2)cc1. The van der Waals surface area contributed by atoms with E-state index in [2.05, 4.69) is 10.3 Å². The van der Waals surface area contributed by atoms with Gasteiger partial charge in [-0.05, 0) is 38.1 Å². The number of ether oxygens (including phenoxy) is 2. The number of methoxy groups -OCH3 is 1. The summed E-state index contributed by atoms with van der Waals surface area (Å²) in [5.41, 5.74) is 0.618. The first kappa shape index (κ1) is 20.9. The fraction of sp³-hybridized carbons (Fsp3) is 0.421. The van der Waals surface area contributed by atoms with Gasteiger partial charge >= 0.3 is 5.97 Å². The van der Waals surface area contributed by atoms with Crippen LogP contribution in [0.1, 0.15) is 26.0 Å². The van der Waals surface area contributed by atoms with Gasteiger partial charge in [0.1, 0.15) is 10.8 Å². The van der Waals surface area contributed by atoms with Gasteiger partial charge in [0.15, 0.2) is 0 Å². The minimum Gasteiger partial charge on any atom is -0.494 e. The molecule has 0 saturated carbocycles. The molecule has 1 atom stereocenters.